The molecule has 86 valence electrons. The van der Waals surface area contributed by atoms with Gasteiger partial charge in [0.05, 0.1) is 4.92 Å². The van der Waals surface area contributed by atoms with Crippen molar-refractivity contribution in [3.05, 3.63) is 44.2 Å². The van der Waals surface area contributed by atoms with Crippen molar-refractivity contribution in [3.63, 3.8) is 0 Å². The lowest BCUT2D eigenvalue weighted by Gasteiger charge is -2.22. The first-order valence-electron chi connectivity index (χ1n) is 3.93. The van der Waals surface area contributed by atoms with Crippen LogP contribution in [0.1, 0.15) is 0 Å². The molecular weight excluding hydrogens is 224 g/mol. The minimum absolute atomic E-state index is 0.604. The third kappa shape index (κ3) is 1.42. The first-order chi connectivity index (χ1) is 7.34. The molecule has 1 rings (SSSR count). The van der Waals surface area contributed by atoms with Crippen molar-refractivity contribution < 1.29 is 24.9 Å². The number of hydrogen-bond acceptors (Lipinski definition) is 6. The third-order valence-corrected chi connectivity index (χ3v) is 2.17. The van der Waals surface area contributed by atoms with E-state index in [9.17, 15) is 30.1 Å². The molecule has 9 nitrogen and oxygen atoms in total. The predicted molar refractivity (Wildman–Crippen MR) is 47.6 cm³/mol. The zero-order valence-electron chi connectivity index (χ0n) is 7.64. The summed E-state index contributed by atoms with van der Waals surface area (Å²) in [6.07, 6.45) is -0.0515. The second kappa shape index (κ2) is 3.70. The first kappa shape index (κ1) is 11.8. The molecule has 0 aliphatic heterocycles. The highest BCUT2D eigenvalue weighted by atomic mass is 16.6. The molecule has 0 saturated heterocycles. The predicted octanol–water partition coefficient (Wildman–Crippen LogP) is -0.822. The Morgan fingerprint density at radius 1 is 1.44 bits per heavy atom. The van der Waals surface area contributed by atoms with Crippen LogP contribution in [-0.2, 0) is 4.79 Å². The van der Waals surface area contributed by atoms with Crippen LogP contribution in [0.2, 0.25) is 0 Å². The van der Waals surface area contributed by atoms with Crippen LogP contribution in [0.25, 0.3) is 0 Å². The summed E-state index contributed by atoms with van der Waals surface area (Å²) in [7, 11) is 0. The molecule has 0 aromatic rings. The smallest absolute Gasteiger partial charge is 0.390 e. The molecule has 1 aliphatic rings. The summed E-state index contributed by atoms with van der Waals surface area (Å²) in [6.45, 7) is 0. The number of aliphatic carboxylic acids is 1. The van der Waals surface area contributed by atoms with Crippen molar-refractivity contribution in [2.45, 2.75) is 11.6 Å². The minimum Gasteiger partial charge on any atom is -0.476 e. The number of aliphatic hydroxyl groups is 1. The largest absolute Gasteiger partial charge is 0.476 e. The zero-order chi connectivity index (χ0) is 12.5. The van der Waals surface area contributed by atoms with E-state index in [0.717, 1.165) is 12.2 Å². The fourth-order valence-electron chi connectivity index (χ4n) is 1.29. The molecule has 1 aliphatic carbocycles. The van der Waals surface area contributed by atoms with Crippen LogP contribution in [0.5, 0.6) is 0 Å². The second-order valence-corrected chi connectivity index (χ2v) is 3.00. The molecule has 0 bridgehead atoms. The Bertz CT molecular complexity index is 410. The van der Waals surface area contributed by atoms with Gasteiger partial charge in [-0.1, -0.05) is 6.08 Å². The topological polar surface area (TPSA) is 144 Å². The molecule has 2 N–H and O–H groups in total. The number of carboxylic acids is 1. The number of hydrogen-bond donors (Lipinski definition) is 2. The monoisotopic (exact) mass is 230 g/mol. The van der Waals surface area contributed by atoms with E-state index in [-0.39, 0.29) is 0 Å². The Hall–Kier alpha value is -2.29. The lowest BCUT2D eigenvalue weighted by atomic mass is 9.87. The van der Waals surface area contributed by atoms with E-state index in [0.29, 0.717) is 6.08 Å². The van der Waals surface area contributed by atoms with Crippen molar-refractivity contribution in [2.24, 2.45) is 0 Å². The maximum Gasteiger partial charge on any atom is 0.390 e. The van der Waals surface area contributed by atoms with E-state index in [1.165, 1.54) is 0 Å². The van der Waals surface area contributed by atoms with Crippen molar-refractivity contribution >= 4 is 5.97 Å². The quantitative estimate of drug-likeness (QED) is 0.475. The molecule has 2 unspecified atom stereocenters. The molecule has 2 atom stereocenters. The summed E-state index contributed by atoms with van der Waals surface area (Å²) >= 11 is 0. The molecule has 0 aromatic heterocycles. The molecule has 16 heavy (non-hydrogen) atoms. The number of carboxylic acid groups (broad SMARTS) is 1. The Morgan fingerprint density at radius 2 is 2.00 bits per heavy atom. The van der Waals surface area contributed by atoms with E-state index < -0.39 is 33.2 Å². The minimum atomic E-state index is -2.91. The van der Waals surface area contributed by atoms with Crippen LogP contribution < -0.4 is 0 Å². The summed E-state index contributed by atoms with van der Waals surface area (Å²) < 4.78 is 0. The SMILES string of the molecule is O=C(O)C1([N+](=O)[O-])C=CC=C([N+](=O)[O-])C1O. The Balaban J connectivity index is 3.33. The summed E-state index contributed by atoms with van der Waals surface area (Å²) in [6, 6.07) is 0. The highest BCUT2D eigenvalue weighted by molar-refractivity contribution is 5.82. The maximum absolute atomic E-state index is 10.8. The highest BCUT2D eigenvalue weighted by Gasteiger charge is 2.61. The van der Waals surface area contributed by atoms with E-state index in [1.807, 2.05) is 0 Å². The lowest BCUT2D eigenvalue weighted by molar-refractivity contribution is -0.561. The molecule has 0 heterocycles. The van der Waals surface area contributed by atoms with Crippen LogP contribution in [0.15, 0.2) is 23.9 Å². The van der Waals surface area contributed by atoms with Crippen molar-refractivity contribution in [1.82, 2.24) is 0 Å². The maximum atomic E-state index is 10.8. The van der Waals surface area contributed by atoms with Gasteiger partial charge in [-0.25, -0.2) is 4.79 Å². The van der Waals surface area contributed by atoms with Gasteiger partial charge < -0.3 is 10.2 Å². The molecule has 0 radical (unpaired) electrons. The molecule has 0 amide bonds. The number of nitrogens with zero attached hydrogens (tertiary/aromatic N) is 2. The summed E-state index contributed by atoms with van der Waals surface area (Å²) in [5.74, 6) is -1.96. The van der Waals surface area contributed by atoms with Gasteiger partial charge in [0.2, 0.25) is 6.10 Å². The van der Waals surface area contributed by atoms with Crippen LogP contribution in [-0.4, -0.2) is 37.7 Å². The fourth-order valence-corrected chi connectivity index (χ4v) is 1.29. The lowest BCUT2D eigenvalue weighted by Crippen LogP contribution is -2.56. The van der Waals surface area contributed by atoms with Gasteiger partial charge >= 0.3 is 11.5 Å². The van der Waals surface area contributed by atoms with Crippen LogP contribution in [0, 0.1) is 20.2 Å². The van der Waals surface area contributed by atoms with Crippen LogP contribution in [0.4, 0.5) is 0 Å². The highest BCUT2D eigenvalue weighted by Crippen LogP contribution is 2.27. The van der Waals surface area contributed by atoms with Gasteiger partial charge in [-0.3, -0.25) is 20.2 Å². The normalized spacial score (nSPS) is 28.3. The average molecular weight is 230 g/mol. The van der Waals surface area contributed by atoms with Gasteiger partial charge in [0.25, 0.3) is 5.70 Å². The van der Waals surface area contributed by atoms with E-state index in [2.05, 4.69) is 0 Å². The number of carbonyl (C=O) groups is 1. The van der Waals surface area contributed by atoms with E-state index >= 15 is 0 Å². The van der Waals surface area contributed by atoms with Gasteiger partial charge in [0, 0.05) is 17.1 Å². The molecule has 9 heteroatoms. The summed E-state index contributed by atoms with van der Waals surface area (Å²) in [5, 5.41) is 39.2. The Morgan fingerprint density at radius 3 is 2.38 bits per heavy atom. The van der Waals surface area contributed by atoms with Crippen molar-refractivity contribution in [2.75, 3.05) is 0 Å². The van der Waals surface area contributed by atoms with Gasteiger partial charge in [-0.2, -0.15) is 0 Å². The van der Waals surface area contributed by atoms with Crippen molar-refractivity contribution in [1.29, 1.82) is 0 Å². The van der Waals surface area contributed by atoms with Gasteiger partial charge in [-0.15, -0.1) is 0 Å². The molecule has 0 spiro atoms. The number of nitro groups is 2. The van der Waals surface area contributed by atoms with Gasteiger partial charge in [-0.05, 0) is 0 Å². The zero-order valence-corrected chi connectivity index (χ0v) is 7.64. The summed E-state index contributed by atoms with van der Waals surface area (Å²) in [5.41, 5.74) is -3.83. The van der Waals surface area contributed by atoms with Gasteiger partial charge in [0.15, 0.2) is 0 Å². The molecule has 0 aromatic carbocycles. The average Bonchev–Trinajstić information content (AvgIpc) is 2.16. The standard InChI is InChI=1S/C7H6N2O7/c10-5-4(8(13)14)2-1-3-7(5,6(11)12)9(15)16/h1-3,5,10H,(H,11,12). The third-order valence-electron chi connectivity index (χ3n) is 2.17. The van der Waals surface area contributed by atoms with Crippen LogP contribution in [0.3, 0.4) is 0 Å². The number of rotatable bonds is 3. The molecular formula is C7H6N2O7. The van der Waals surface area contributed by atoms with Crippen molar-refractivity contribution in [3.8, 4) is 0 Å². The van der Waals surface area contributed by atoms with E-state index in [4.69, 9.17) is 5.11 Å². The molecule has 0 saturated carbocycles. The Kier molecular flexibility index (Phi) is 2.72. The molecule has 0 fully saturated rings. The second-order valence-electron chi connectivity index (χ2n) is 3.00. The van der Waals surface area contributed by atoms with Gasteiger partial charge in [0.1, 0.15) is 0 Å². The Labute approximate surface area is 87.6 Å². The summed E-state index contributed by atoms with van der Waals surface area (Å²) in [4.78, 5) is 29.5. The fraction of sp³-hybridized carbons (Fsp3) is 0.286. The van der Waals surface area contributed by atoms with E-state index in [1.54, 1.807) is 0 Å². The first-order valence-corrected chi connectivity index (χ1v) is 3.93. The van der Waals surface area contributed by atoms with Crippen LogP contribution >= 0.6 is 0 Å². The number of aliphatic hydroxyl groups excluding tert-OH is 1. The number of allylic oxidation sites excluding steroid dienone is 2.